The van der Waals surface area contributed by atoms with Crippen LogP contribution in [0.15, 0.2) is 46.9 Å². The topological polar surface area (TPSA) is 26.3 Å². The van der Waals surface area contributed by atoms with Crippen LogP contribution in [0.4, 0.5) is 8.78 Å². The summed E-state index contributed by atoms with van der Waals surface area (Å²) in [6.07, 6.45) is 0.726. The van der Waals surface area contributed by atoms with E-state index in [0.29, 0.717) is 22.9 Å². The number of carbonyl (C=O) groups excluding carboxylic acids is 1. The molecule has 0 fully saturated rings. The van der Waals surface area contributed by atoms with Crippen LogP contribution in [0.3, 0.4) is 0 Å². The van der Waals surface area contributed by atoms with Gasteiger partial charge in [-0.2, -0.15) is 4.39 Å². The molecule has 2 rings (SSSR count). The standard InChI is InChI=1S/C16H13BrF2O2/c17-12-9-13(18)16(19)15(10-12)21-8-4-7-14(20)11-5-2-1-3-6-11/h1-3,5-6,9-10H,4,7-8H2. The molecule has 0 heterocycles. The molecule has 2 aromatic carbocycles. The van der Waals surface area contributed by atoms with E-state index in [2.05, 4.69) is 15.9 Å². The zero-order chi connectivity index (χ0) is 15.2. The third kappa shape index (κ3) is 4.36. The van der Waals surface area contributed by atoms with Crippen LogP contribution in [0.1, 0.15) is 23.2 Å². The second kappa shape index (κ2) is 7.31. The Bertz CT molecular complexity index is 630. The zero-order valence-corrected chi connectivity index (χ0v) is 12.7. The highest BCUT2D eigenvalue weighted by molar-refractivity contribution is 9.10. The fraction of sp³-hybridized carbons (Fsp3) is 0.188. The Morgan fingerprint density at radius 1 is 1.14 bits per heavy atom. The van der Waals surface area contributed by atoms with Gasteiger partial charge in [-0.1, -0.05) is 46.3 Å². The summed E-state index contributed by atoms with van der Waals surface area (Å²) < 4.78 is 32.2. The number of hydrogen-bond acceptors (Lipinski definition) is 2. The molecule has 0 N–H and O–H groups in total. The lowest BCUT2D eigenvalue weighted by Gasteiger charge is -2.08. The lowest BCUT2D eigenvalue weighted by molar-refractivity contribution is 0.0973. The lowest BCUT2D eigenvalue weighted by atomic mass is 10.1. The van der Waals surface area contributed by atoms with E-state index >= 15 is 0 Å². The van der Waals surface area contributed by atoms with E-state index in [4.69, 9.17) is 4.74 Å². The Kier molecular flexibility index (Phi) is 5.44. The first-order valence-electron chi connectivity index (χ1n) is 6.43. The van der Waals surface area contributed by atoms with E-state index in [1.54, 1.807) is 24.3 Å². The van der Waals surface area contributed by atoms with Gasteiger partial charge in [-0.05, 0) is 18.6 Å². The number of ether oxygens (including phenoxy) is 1. The van der Waals surface area contributed by atoms with Crippen LogP contribution in [0, 0.1) is 11.6 Å². The van der Waals surface area contributed by atoms with Crippen molar-refractivity contribution in [2.45, 2.75) is 12.8 Å². The summed E-state index contributed by atoms with van der Waals surface area (Å²) in [6.45, 7) is 0.144. The minimum atomic E-state index is -1.02. The number of halogens is 3. The molecule has 0 radical (unpaired) electrons. The van der Waals surface area contributed by atoms with Crippen LogP contribution in [0.2, 0.25) is 0 Å². The van der Waals surface area contributed by atoms with Crippen LogP contribution in [0.25, 0.3) is 0 Å². The average Bonchev–Trinajstić information content (AvgIpc) is 2.49. The maximum atomic E-state index is 13.4. The molecular formula is C16H13BrF2O2. The molecule has 0 unspecified atom stereocenters. The molecule has 2 aromatic rings. The quantitative estimate of drug-likeness (QED) is 0.424. The van der Waals surface area contributed by atoms with Gasteiger partial charge < -0.3 is 4.74 Å². The summed E-state index contributed by atoms with van der Waals surface area (Å²) in [5.74, 6) is -2.15. The van der Waals surface area contributed by atoms with Gasteiger partial charge in [0.05, 0.1) is 6.61 Å². The van der Waals surface area contributed by atoms with Crippen molar-refractivity contribution in [1.82, 2.24) is 0 Å². The lowest BCUT2D eigenvalue weighted by Crippen LogP contribution is -2.05. The van der Waals surface area contributed by atoms with Crippen LogP contribution < -0.4 is 4.74 Å². The summed E-state index contributed by atoms with van der Waals surface area (Å²) in [5.41, 5.74) is 0.636. The smallest absolute Gasteiger partial charge is 0.200 e. The Morgan fingerprint density at radius 2 is 1.86 bits per heavy atom. The fourth-order valence-corrected chi connectivity index (χ4v) is 2.23. The first kappa shape index (κ1) is 15.6. The van der Waals surface area contributed by atoms with E-state index in [1.807, 2.05) is 6.07 Å². The van der Waals surface area contributed by atoms with Gasteiger partial charge in [0.25, 0.3) is 0 Å². The normalized spacial score (nSPS) is 10.4. The highest BCUT2D eigenvalue weighted by Gasteiger charge is 2.11. The van der Waals surface area contributed by atoms with Crippen molar-refractivity contribution in [3.8, 4) is 5.75 Å². The summed E-state index contributed by atoms with van der Waals surface area (Å²) in [5, 5.41) is 0. The number of carbonyl (C=O) groups is 1. The third-order valence-electron chi connectivity index (χ3n) is 2.86. The first-order valence-corrected chi connectivity index (χ1v) is 7.23. The molecule has 0 aliphatic heterocycles. The van der Waals surface area contributed by atoms with Gasteiger partial charge in [0.1, 0.15) is 0 Å². The molecule has 21 heavy (non-hydrogen) atoms. The second-order valence-corrected chi connectivity index (χ2v) is 5.36. The summed E-state index contributed by atoms with van der Waals surface area (Å²) in [4.78, 5) is 11.8. The van der Waals surface area contributed by atoms with Crippen molar-refractivity contribution in [2.75, 3.05) is 6.61 Å². The molecule has 0 amide bonds. The van der Waals surface area contributed by atoms with Gasteiger partial charge >= 0.3 is 0 Å². The van der Waals surface area contributed by atoms with E-state index in [0.717, 1.165) is 6.07 Å². The highest BCUT2D eigenvalue weighted by Crippen LogP contribution is 2.25. The minimum Gasteiger partial charge on any atom is -0.490 e. The molecule has 0 aliphatic carbocycles. The molecule has 0 aromatic heterocycles. The van der Waals surface area contributed by atoms with Crippen LogP contribution >= 0.6 is 15.9 Å². The van der Waals surface area contributed by atoms with Gasteiger partial charge in [-0.15, -0.1) is 0 Å². The van der Waals surface area contributed by atoms with E-state index in [-0.39, 0.29) is 18.1 Å². The number of rotatable bonds is 6. The molecule has 0 saturated heterocycles. The molecular weight excluding hydrogens is 342 g/mol. The van der Waals surface area contributed by atoms with E-state index < -0.39 is 11.6 Å². The van der Waals surface area contributed by atoms with Crippen molar-refractivity contribution in [1.29, 1.82) is 0 Å². The van der Waals surface area contributed by atoms with Crippen LogP contribution in [-0.4, -0.2) is 12.4 Å². The number of benzene rings is 2. The molecule has 0 bridgehead atoms. The monoisotopic (exact) mass is 354 g/mol. The first-order chi connectivity index (χ1) is 10.1. The van der Waals surface area contributed by atoms with E-state index in [9.17, 15) is 13.6 Å². The largest absolute Gasteiger partial charge is 0.490 e. The fourth-order valence-electron chi connectivity index (χ4n) is 1.82. The molecule has 0 saturated carbocycles. The summed E-state index contributed by atoms with van der Waals surface area (Å²) in [6, 6.07) is 11.3. The molecule has 0 atom stereocenters. The zero-order valence-electron chi connectivity index (χ0n) is 11.1. The summed E-state index contributed by atoms with van der Waals surface area (Å²) >= 11 is 3.07. The van der Waals surface area contributed by atoms with Crippen molar-refractivity contribution >= 4 is 21.7 Å². The predicted molar refractivity (Wildman–Crippen MR) is 79.6 cm³/mol. The van der Waals surface area contributed by atoms with Crippen molar-refractivity contribution in [3.63, 3.8) is 0 Å². The van der Waals surface area contributed by atoms with Gasteiger partial charge in [0.15, 0.2) is 17.3 Å². The van der Waals surface area contributed by atoms with E-state index in [1.165, 1.54) is 6.07 Å². The molecule has 0 aliphatic rings. The van der Waals surface area contributed by atoms with Gasteiger partial charge in [0.2, 0.25) is 5.82 Å². The second-order valence-electron chi connectivity index (χ2n) is 4.44. The third-order valence-corrected chi connectivity index (χ3v) is 3.32. The maximum absolute atomic E-state index is 13.4. The van der Waals surface area contributed by atoms with Crippen molar-refractivity contribution in [2.24, 2.45) is 0 Å². The Morgan fingerprint density at radius 3 is 2.57 bits per heavy atom. The Hall–Kier alpha value is -1.75. The number of Topliss-reactive ketones (excluding diaryl/α,β-unsaturated/α-hetero) is 1. The van der Waals surface area contributed by atoms with Crippen LogP contribution in [-0.2, 0) is 0 Å². The SMILES string of the molecule is O=C(CCCOc1cc(Br)cc(F)c1F)c1ccccc1. The highest BCUT2D eigenvalue weighted by atomic mass is 79.9. The Balaban J connectivity index is 1.84. The van der Waals surface area contributed by atoms with Gasteiger partial charge in [-0.25, -0.2) is 4.39 Å². The average molecular weight is 355 g/mol. The number of ketones is 1. The minimum absolute atomic E-state index is 0.0000877. The molecule has 2 nitrogen and oxygen atoms in total. The summed E-state index contributed by atoms with van der Waals surface area (Å²) in [7, 11) is 0. The Labute approximate surface area is 129 Å². The number of hydrogen-bond donors (Lipinski definition) is 0. The van der Waals surface area contributed by atoms with Gasteiger partial charge in [-0.3, -0.25) is 4.79 Å². The molecule has 110 valence electrons. The van der Waals surface area contributed by atoms with Crippen molar-refractivity contribution in [3.05, 3.63) is 64.1 Å². The van der Waals surface area contributed by atoms with Gasteiger partial charge in [0, 0.05) is 16.5 Å². The molecule has 0 spiro atoms. The van der Waals surface area contributed by atoms with Crippen molar-refractivity contribution < 1.29 is 18.3 Å². The van der Waals surface area contributed by atoms with Crippen LogP contribution in [0.5, 0.6) is 5.75 Å². The molecule has 5 heteroatoms. The maximum Gasteiger partial charge on any atom is 0.200 e. The predicted octanol–water partition coefficient (Wildman–Crippen LogP) is 4.77.